The minimum Gasteiger partial charge on any atom is -0.462 e. The Hall–Kier alpha value is -3.67. The van der Waals surface area contributed by atoms with Crippen molar-refractivity contribution in [2.45, 2.75) is 361 Å². The van der Waals surface area contributed by atoms with Crippen molar-refractivity contribution in [1.29, 1.82) is 0 Å². The maximum absolute atomic E-state index is 13.0. The van der Waals surface area contributed by atoms with Crippen molar-refractivity contribution in [3.05, 3.63) is 97.2 Å². The van der Waals surface area contributed by atoms with Crippen molar-refractivity contribution >= 4 is 17.9 Å². The lowest BCUT2D eigenvalue weighted by molar-refractivity contribution is -0.167. The maximum atomic E-state index is 13.0. The van der Waals surface area contributed by atoms with Crippen LogP contribution in [0.5, 0.6) is 0 Å². The minimum atomic E-state index is -0.792. The van der Waals surface area contributed by atoms with E-state index in [0.717, 1.165) is 116 Å². The van der Waals surface area contributed by atoms with Crippen molar-refractivity contribution in [3.63, 3.8) is 0 Å². The average molecular weight is 1160 g/mol. The van der Waals surface area contributed by atoms with Gasteiger partial charge in [-0.2, -0.15) is 0 Å². The van der Waals surface area contributed by atoms with Crippen LogP contribution < -0.4 is 0 Å². The normalized spacial score (nSPS) is 12.7. The first-order valence-electron chi connectivity index (χ1n) is 35.7. The molecule has 0 amide bonds. The van der Waals surface area contributed by atoms with E-state index in [1.54, 1.807) is 0 Å². The van der Waals surface area contributed by atoms with E-state index in [0.29, 0.717) is 19.3 Å². The first-order chi connectivity index (χ1) is 41.0. The van der Waals surface area contributed by atoms with Crippen LogP contribution in [0.15, 0.2) is 97.2 Å². The van der Waals surface area contributed by atoms with E-state index >= 15 is 0 Å². The Balaban J connectivity index is 4.35. The number of carbonyl (C=O) groups is 3. The molecule has 0 N–H and O–H groups in total. The number of hydrogen-bond acceptors (Lipinski definition) is 6. The Bertz CT molecular complexity index is 1610. The summed E-state index contributed by atoms with van der Waals surface area (Å²) >= 11 is 0. The number of ether oxygens (including phenoxy) is 3. The fourth-order valence-electron chi connectivity index (χ4n) is 10.2. The lowest BCUT2D eigenvalue weighted by atomic mass is 10.0. The van der Waals surface area contributed by atoms with Crippen molar-refractivity contribution in [2.75, 3.05) is 13.2 Å². The molecule has 0 aliphatic carbocycles. The van der Waals surface area contributed by atoms with Crippen LogP contribution in [-0.2, 0) is 28.6 Å². The molecular formula is C77H134O6. The third kappa shape index (κ3) is 69.0. The minimum absolute atomic E-state index is 0.0851. The molecule has 478 valence electrons. The molecule has 1 unspecified atom stereocenters. The number of esters is 3. The standard InChI is InChI=1S/C77H134O6/c1-4-7-10-13-16-19-22-25-28-31-33-35-36-37-38-39-40-42-43-46-49-52-55-58-61-64-67-70-76(79)82-73-74(72-81-75(78)69-66-63-60-57-54-51-48-45-30-27-24-21-18-15-12-9-6-3)83-77(80)71-68-65-62-59-56-53-50-47-44-41-34-32-29-26-23-20-17-14-11-8-5-2/h8,11,17,20,22,25-27,29-31,33-34,41,47,50,74H,4-7,9-10,12-16,18-19,21,23-24,28,32,35-40,42-46,48-49,51-73H2,1-3H3/b11-8-,20-17-,25-22-,29-26-,30-27-,33-31-,41-34-,50-47-. The molecule has 6 nitrogen and oxygen atoms in total. The van der Waals surface area contributed by atoms with Gasteiger partial charge in [0.2, 0.25) is 0 Å². The first-order valence-corrected chi connectivity index (χ1v) is 35.7. The summed E-state index contributed by atoms with van der Waals surface area (Å²) in [5.41, 5.74) is 0. The number of carbonyl (C=O) groups excluding carboxylic acids is 3. The van der Waals surface area contributed by atoms with Crippen molar-refractivity contribution in [1.82, 2.24) is 0 Å². The van der Waals surface area contributed by atoms with E-state index in [1.165, 1.54) is 199 Å². The predicted molar refractivity (Wildman–Crippen MR) is 362 cm³/mol. The molecular weight excluding hydrogens is 1020 g/mol. The van der Waals surface area contributed by atoms with Crippen molar-refractivity contribution in [3.8, 4) is 0 Å². The average Bonchev–Trinajstić information content (AvgIpc) is 3.50. The zero-order chi connectivity index (χ0) is 59.9. The Morgan fingerprint density at radius 1 is 0.253 bits per heavy atom. The summed E-state index contributed by atoms with van der Waals surface area (Å²) in [5.74, 6) is -0.892. The van der Waals surface area contributed by atoms with Gasteiger partial charge in [-0.25, -0.2) is 0 Å². The third-order valence-corrected chi connectivity index (χ3v) is 15.5. The van der Waals surface area contributed by atoms with Gasteiger partial charge in [-0.3, -0.25) is 14.4 Å². The first kappa shape index (κ1) is 79.3. The molecule has 6 heteroatoms. The number of unbranched alkanes of at least 4 members (excludes halogenated alkanes) is 38. The van der Waals surface area contributed by atoms with Gasteiger partial charge < -0.3 is 14.2 Å². The summed E-state index contributed by atoms with van der Waals surface area (Å²) < 4.78 is 17.0. The highest BCUT2D eigenvalue weighted by Gasteiger charge is 2.19. The molecule has 0 aromatic heterocycles. The van der Waals surface area contributed by atoms with Crippen molar-refractivity contribution in [2.24, 2.45) is 0 Å². The fourth-order valence-corrected chi connectivity index (χ4v) is 10.2. The van der Waals surface area contributed by atoms with Crippen LogP contribution in [0.25, 0.3) is 0 Å². The quantitative estimate of drug-likeness (QED) is 0.0261. The molecule has 0 spiro atoms. The molecule has 0 saturated carbocycles. The van der Waals surface area contributed by atoms with E-state index in [9.17, 15) is 14.4 Å². The second-order valence-corrected chi connectivity index (χ2v) is 23.8. The van der Waals surface area contributed by atoms with Crippen molar-refractivity contribution < 1.29 is 28.6 Å². The summed E-state index contributed by atoms with van der Waals surface area (Å²) in [7, 11) is 0. The van der Waals surface area contributed by atoms with Gasteiger partial charge in [-0.15, -0.1) is 0 Å². The van der Waals surface area contributed by atoms with Gasteiger partial charge in [0.1, 0.15) is 13.2 Å². The molecule has 0 rings (SSSR count). The number of allylic oxidation sites excluding steroid dienone is 16. The van der Waals surface area contributed by atoms with Gasteiger partial charge in [-0.1, -0.05) is 311 Å². The van der Waals surface area contributed by atoms with E-state index in [2.05, 4.69) is 118 Å². The molecule has 83 heavy (non-hydrogen) atoms. The van der Waals surface area contributed by atoms with Crippen LogP contribution in [0.3, 0.4) is 0 Å². The highest BCUT2D eigenvalue weighted by molar-refractivity contribution is 5.71. The van der Waals surface area contributed by atoms with Crippen LogP contribution in [0.1, 0.15) is 355 Å². The van der Waals surface area contributed by atoms with Gasteiger partial charge in [0.05, 0.1) is 0 Å². The third-order valence-electron chi connectivity index (χ3n) is 15.5. The van der Waals surface area contributed by atoms with Gasteiger partial charge in [0, 0.05) is 19.3 Å². The smallest absolute Gasteiger partial charge is 0.306 e. The summed E-state index contributed by atoms with van der Waals surface area (Å²) in [6.07, 6.45) is 95.7. The molecule has 0 aromatic carbocycles. The Morgan fingerprint density at radius 3 is 0.747 bits per heavy atom. The zero-order valence-corrected chi connectivity index (χ0v) is 54.9. The molecule has 0 heterocycles. The summed E-state index contributed by atoms with van der Waals surface area (Å²) in [6, 6.07) is 0. The molecule has 1 atom stereocenters. The molecule has 0 fully saturated rings. The van der Waals surface area contributed by atoms with Crippen LogP contribution in [0.4, 0.5) is 0 Å². The highest BCUT2D eigenvalue weighted by atomic mass is 16.6. The zero-order valence-electron chi connectivity index (χ0n) is 54.9. The molecule has 0 aliphatic rings. The largest absolute Gasteiger partial charge is 0.462 e. The van der Waals surface area contributed by atoms with Crippen LogP contribution >= 0.6 is 0 Å². The molecule has 0 saturated heterocycles. The number of rotatable bonds is 65. The Labute approximate surface area is 515 Å². The van der Waals surface area contributed by atoms with E-state index in [-0.39, 0.29) is 31.1 Å². The topological polar surface area (TPSA) is 78.9 Å². The van der Waals surface area contributed by atoms with Gasteiger partial charge in [0.25, 0.3) is 0 Å². The van der Waals surface area contributed by atoms with Crippen LogP contribution in [0, 0.1) is 0 Å². The van der Waals surface area contributed by atoms with Gasteiger partial charge >= 0.3 is 17.9 Å². The van der Waals surface area contributed by atoms with Gasteiger partial charge in [0.15, 0.2) is 6.10 Å². The molecule has 0 bridgehead atoms. The molecule has 0 aromatic rings. The van der Waals surface area contributed by atoms with Crippen LogP contribution in [0.2, 0.25) is 0 Å². The lowest BCUT2D eigenvalue weighted by Gasteiger charge is -2.18. The second-order valence-electron chi connectivity index (χ2n) is 23.8. The fraction of sp³-hybridized carbons (Fsp3) is 0.753. The van der Waals surface area contributed by atoms with Gasteiger partial charge in [-0.05, 0) is 122 Å². The Kier molecular flexibility index (Phi) is 67.7. The van der Waals surface area contributed by atoms with E-state index < -0.39 is 6.10 Å². The monoisotopic (exact) mass is 1160 g/mol. The highest BCUT2D eigenvalue weighted by Crippen LogP contribution is 2.17. The molecule has 0 aliphatic heterocycles. The van der Waals surface area contributed by atoms with E-state index in [4.69, 9.17) is 14.2 Å². The maximum Gasteiger partial charge on any atom is 0.306 e. The lowest BCUT2D eigenvalue weighted by Crippen LogP contribution is -2.30. The second kappa shape index (κ2) is 70.8. The summed E-state index contributed by atoms with van der Waals surface area (Å²) in [6.45, 7) is 6.54. The SMILES string of the molecule is CC/C=C\C/C=C\C/C=C\C/C=C\C/C=C\CCCCCCCC(=O)OC(COC(=O)CCCCCCCCC/C=C\CCCCCCCC)COC(=O)CCCCCCCCCCCCCCCCC/C=C\C/C=C\CCCCCCC. The Morgan fingerprint density at radius 2 is 0.470 bits per heavy atom. The summed E-state index contributed by atoms with van der Waals surface area (Å²) in [5, 5.41) is 0. The summed E-state index contributed by atoms with van der Waals surface area (Å²) in [4.78, 5) is 38.5. The number of hydrogen-bond donors (Lipinski definition) is 0. The molecule has 0 radical (unpaired) electrons. The predicted octanol–water partition coefficient (Wildman–Crippen LogP) is 24.8. The van der Waals surface area contributed by atoms with E-state index in [1.807, 2.05) is 0 Å². The van der Waals surface area contributed by atoms with Crippen LogP contribution in [-0.4, -0.2) is 37.2 Å².